The van der Waals surface area contributed by atoms with E-state index in [9.17, 15) is 9.59 Å². The van der Waals surface area contributed by atoms with E-state index in [1.165, 1.54) is 0 Å². The molecule has 1 N–H and O–H groups in total. The Hall–Kier alpha value is -2.02. The lowest BCUT2D eigenvalue weighted by molar-refractivity contribution is 0.0438. The lowest BCUT2D eigenvalue weighted by atomic mass is 9.95. The fourth-order valence-electron chi connectivity index (χ4n) is 3.56. The summed E-state index contributed by atoms with van der Waals surface area (Å²) in [6.07, 6.45) is 2.10. The van der Waals surface area contributed by atoms with Gasteiger partial charge in [0, 0.05) is 26.6 Å². The van der Waals surface area contributed by atoms with Crippen molar-refractivity contribution in [2.45, 2.75) is 24.9 Å². The summed E-state index contributed by atoms with van der Waals surface area (Å²) in [4.78, 5) is 31.1. The first-order valence-electron chi connectivity index (χ1n) is 7.86. The molecule has 0 radical (unpaired) electrons. The van der Waals surface area contributed by atoms with Gasteiger partial charge in [0.05, 0.1) is 16.8 Å². The van der Waals surface area contributed by atoms with Crippen molar-refractivity contribution in [3.05, 3.63) is 23.2 Å². The maximum atomic E-state index is 12.7. The van der Waals surface area contributed by atoms with E-state index < -0.39 is 5.60 Å². The highest BCUT2D eigenvalue weighted by Gasteiger charge is 2.44. The van der Waals surface area contributed by atoms with E-state index in [0.717, 1.165) is 23.1 Å². The summed E-state index contributed by atoms with van der Waals surface area (Å²) >= 11 is 1.63. The first-order chi connectivity index (χ1) is 11.1. The normalized spacial score (nSPS) is 25.2. The summed E-state index contributed by atoms with van der Waals surface area (Å²) in [6.45, 7) is 1.94. The van der Waals surface area contributed by atoms with Gasteiger partial charge >= 0.3 is 6.09 Å². The summed E-state index contributed by atoms with van der Waals surface area (Å²) in [6, 6.07) is 3.91. The van der Waals surface area contributed by atoms with Crippen molar-refractivity contribution in [1.82, 2.24) is 14.8 Å². The molecule has 0 saturated carbocycles. The topological polar surface area (TPSA) is 65.6 Å². The smallest absolute Gasteiger partial charge is 0.410 e. The van der Waals surface area contributed by atoms with Gasteiger partial charge in [-0.15, -0.1) is 11.3 Å². The van der Waals surface area contributed by atoms with E-state index >= 15 is 0 Å². The summed E-state index contributed by atoms with van der Waals surface area (Å²) < 4.78 is 6.70. The van der Waals surface area contributed by atoms with Crippen LogP contribution in [0.25, 0.3) is 10.2 Å². The Kier molecular flexibility index (Phi) is 3.33. The number of nitrogens with zero attached hydrogens (tertiary/aromatic N) is 2. The molecule has 0 aliphatic carbocycles. The van der Waals surface area contributed by atoms with Gasteiger partial charge in [-0.3, -0.25) is 4.79 Å². The van der Waals surface area contributed by atoms with Gasteiger partial charge in [-0.2, -0.15) is 0 Å². The van der Waals surface area contributed by atoms with Crippen molar-refractivity contribution in [1.29, 1.82) is 0 Å². The van der Waals surface area contributed by atoms with Crippen LogP contribution in [0.2, 0.25) is 0 Å². The van der Waals surface area contributed by atoms with Gasteiger partial charge in [-0.05, 0) is 30.4 Å². The molecule has 2 aliphatic rings. The fraction of sp³-hybridized carbons (Fsp3) is 0.500. The number of nitrogens with one attached hydrogen (secondary N) is 1. The number of likely N-dealkylation sites (tertiary alicyclic amines) is 1. The van der Waals surface area contributed by atoms with E-state index in [1.807, 2.05) is 22.4 Å². The number of carbonyl (C=O) groups is 2. The van der Waals surface area contributed by atoms with Crippen LogP contribution in [0.15, 0.2) is 17.5 Å². The van der Waals surface area contributed by atoms with Gasteiger partial charge in [-0.25, -0.2) is 4.79 Å². The van der Waals surface area contributed by atoms with Crippen LogP contribution in [-0.4, -0.2) is 59.1 Å². The standard InChI is InChI=1S/C16H19N3O3S/c1-18-10-16(22-15(18)21)4-2-6-19(7-5-16)14(20)12-9-13-11(17-12)3-8-23-13/h3,8-9,17H,2,4-7,10H2,1H3/t16-/m1/s1. The zero-order valence-electron chi connectivity index (χ0n) is 13.0. The number of aromatic amines is 1. The molecular formula is C16H19N3O3S. The Morgan fingerprint density at radius 2 is 2.26 bits per heavy atom. The van der Waals surface area contributed by atoms with Crippen LogP contribution < -0.4 is 0 Å². The largest absolute Gasteiger partial charge is 0.441 e. The maximum Gasteiger partial charge on any atom is 0.410 e. The average Bonchev–Trinajstić information content (AvgIpc) is 3.12. The van der Waals surface area contributed by atoms with Crippen molar-refractivity contribution in [3.63, 3.8) is 0 Å². The van der Waals surface area contributed by atoms with Gasteiger partial charge in [-0.1, -0.05) is 0 Å². The van der Waals surface area contributed by atoms with Crippen molar-refractivity contribution in [2.24, 2.45) is 0 Å². The lowest BCUT2D eigenvalue weighted by Crippen LogP contribution is -2.37. The highest BCUT2D eigenvalue weighted by molar-refractivity contribution is 7.17. The predicted molar refractivity (Wildman–Crippen MR) is 87.8 cm³/mol. The number of fused-ring (bicyclic) bond motifs is 1. The van der Waals surface area contributed by atoms with Crippen LogP contribution in [0.4, 0.5) is 4.79 Å². The molecule has 23 heavy (non-hydrogen) atoms. The quantitative estimate of drug-likeness (QED) is 0.872. The molecule has 4 heterocycles. The first kappa shape index (κ1) is 14.6. The van der Waals surface area contributed by atoms with Gasteiger partial charge in [0.15, 0.2) is 0 Å². The number of thiophene rings is 1. The van der Waals surface area contributed by atoms with Crippen LogP contribution >= 0.6 is 11.3 Å². The van der Waals surface area contributed by atoms with Crippen LogP contribution in [0.1, 0.15) is 29.8 Å². The molecule has 2 aliphatic heterocycles. The molecule has 0 aromatic carbocycles. The third kappa shape index (κ3) is 2.49. The minimum Gasteiger partial charge on any atom is -0.441 e. The zero-order valence-corrected chi connectivity index (χ0v) is 13.8. The zero-order chi connectivity index (χ0) is 16.0. The van der Waals surface area contributed by atoms with E-state index in [1.54, 1.807) is 23.3 Å². The molecule has 2 aromatic rings. The Bertz CT molecular complexity index is 739. The Labute approximate surface area is 138 Å². The Morgan fingerprint density at radius 1 is 1.39 bits per heavy atom. The predicted octanol–water partition coefficient (Wildman–Crippen LogP) is 2.68. The van der Waals surface area contributed by atoms with Crippen molar-refractivity contribution >= 4 is 33.6 Å². The highest BCUT2D eigenvalue weighted by atomic mass is 32.1. The fourth-order valence-corrected chi connectivity index (χ4v) is 4.34. The molecule has 0 unspecified atom stereocenters. The maximum absolute atomic E-state index is 12.7. The van der Waals surface area contributed by atoms with Crippen LogP contribution in [-0.2, 0) is 4.74 Å². The van der Waals surface area contributed by atoms with Gasteiger partial charge in [0.1, 0.15) is 11.3 Å². The van der Waals surface area contributed by atoms with E-state index in [2.05, 4.69) is 4.98 Å². The molecular weight excluding hydrogens is 314 g/mol. The second kappa shape index (κ2) is 5.26. The molecule has 0 bridgehead atoms. The molecule has 6 nitrogen and oxygen atoms in total. The first-order valence-corrected chi connectivity index (χ1v) is 8.74. The van der Waals surface area contributed by atoms with Crippen LogP contribution in [0, 0.1) is 0 Å². The molecule has 2 saturated heterocycles. The van der Waals surface area contributed by atoms with Gasteiger partial charge in [0.2, 0.25) is 0 Å². The second-order valence-electron chi connectivity index (χ2n) is 6.43. The number of hydrogen-bond acceptors (Lipinski definition) is 4. The average molecular weight is 333 g/mol. The number of rotatable bonds is 1. The SMILES string of the molecule is CN1C[C@]2(CCCN(C(=O)c3cc4sccc4[nH]3)CC2)OC1=O. The van der Waals surface area contributed by atoms with E-state index in [0.29, 0.717) is 31.7 Å². The number of hydrogen-bond donors (Lipinski definition) is 1. The summed E-state index contributed by atoms with van der Waals surface area (Å²) in [5.74, 6) is 0.0307. The van der Waals surface area contributed by atoms with Crippen molar-refractivity contribution < 1.29 is 14.3 Å². The third-order valence-electron chi connectivity index (χ3n) is 4.80. The third-order valence-corrected chi connectivity index (χ3v) is 5.66. The second-order valence-corrected chi connectivity index (χ2v) is 7.38. The number of carbonyl (C=O) groups excluding carboxylic acids is 2. The number of aromatic nitrogens is 1. The Morgan fingerprint density at radius 3 is 3.00 bits per heavy atom. The molecule has 122 valence electrons. The van der Waals surface area contributed by atoms with Crippen molar-refractivity contribution in [2.75, 3.05) is 26.7 Å². The molecule has 7 heteroatoms. The lowest BCUT2D eigenvalue weighted by Gasteiger charge is -2.25. The monoisotopic (exact) mass is 333 g/mol. The minimum atomic E-state index is -0.420. The molecule has 2 aromatic heterocycles. The number of likely N-dealkylation sites (N-methyl/N-ethyl adjacent to an activating group) is 1. The van der Waals surface area contributed by atoms with Crippen molar-refractivity contribution in [3.8, 4) is 0 Å². The van der Waals surface area contributed by atoms with E-state index in [4.69, 9.17) is 4.74 Å². The minimum absolute atomic E-state index is 0.0307. The molecule has 1 atom stereocenters. The molecule has 2 fully saturated rings. The van der Waals surface area contributed by atoms with Gasteiger partial charge in [0.25, 0.3) is 5.91 Å². The van der Waals surface area contributed by atoms with Gasteiger partial charge < -0.3 is 19.5 Å². The highest BCUT2D eigenvalue weighted by Crippen LogP contribution is 2.33. The van der Waals surface area contributed by atoms with Crippen LogP contribution in [0.3, 0.4) is 0 Å². The number of amides is 2. The number of H-pyrrole nitrogens is 1. The summed E-state index contributed by atoms with van der Waals surface area (Å²) in [5.41, 5.74) is 1.23. The summed E-state index contributed by atoms with van der Waals surface area (Å²) in [7, 11) is 1.76. The summed E-state index contributed by atoms with van der Waals surface area (Å²) in [5, 5.41) is 2.01. The van der Waals surface area contributed by atoms with Crippen LogP contribution in [0.5, 0.6) is 0 Å². The van der Waals surface area contributed by atoms with E-state index in [-0.39, 0.29) is 12.0 Å². The number of ether oxygens (including phenoxy) is 1. The molecule has 2 amide bonds. The molecule has 1 spiro atoms. The molecule has 4 rings (SSSR count). The Balaban J connectivity index is 1.49.